The minimum Gasteiger partial charge on any atom is -0.379 e. The number of likely N-dealkylation sites (tertiary alicyclic amines) is 1. The van der Waals surface area contributed by atoms with Gasteiger partial charge in [0, 0.05) is 45.6 Å². The number of carbonyl (C=O) groups excluding carboxylic acids is 1. The maximum atomic E-state index is 12.5. The first-order valence-corrected chi connectivity index (χ1v) is 9.34. The molecule has 4 rings (SSSR count). The molecule has 2 aliphatic rings. The zero-order valence-electron chi connectivity index (χ0n) is 15.2. The Labute approximate surface area is 153 Å². The Morgan fingerprint density at radius 3 is 2.77 bits per heavy atom. The number of imidazole rings is 1. The molecule has 1 amide bonds. The van der Waals surface area contributed by atoms with Gasteiger partial charge in [-0.2, -0.15) is 5.10 Å². The first-order valence-electron chi connectivity index (χ1n) is 9.34. The number of hydrogen-bond donors (Lipinski definition) is 1. The fraction of sp³-hybridized carbons (Fsp3) is 0.611. The summed E-state index contributed by atoms with van der Waals surface area (Å²) < 4.78 is 3.73. The number of piperidine rings is 1. The van der Waals surface area contributed by atoms with E-state index in [0.717, 1.165) is 44.7 Å². The fourth-order valence-corrected chi connectivity index (χ4v) is 3.82. The smallest absolute Gasteiger partial charge is 0.236 e. The number of rotatable bonds is 4. The maximum absolute atomic E-state index is 12.5. The van der Waals surface area contributed by atoms with Gasteiger partial charge in [-0.3, -0.25) is 14.4 Å². The lowest BCUT2D eigenvalue weighted by atomic mass is 10.1. The van der Waals surface area contributed by atoms with Crippen LogP contribution in [0.4, 0.5) is 0 Å². The lowest BCUT2D eigenvalue weighted by Gasteiger charge is -2.31. The number of hydrogen-bond acceptors (Lipinski definition) is 5. The van der Waals surface area contributed by atoms with E-state index in [0.29, 0.717) is 24.6 Å². The van der Waals surface area contributed by atoms with Crippen molar-refractivity contribution in [2.24, 2.45) is 7.05 Å². The normalized spacial score (nSPS) is 19.4. The predicted octanol–water partition coefficient (Wildman–Crippen LogP) is 0.526. The van der Waals surface area contributed by atoms with Crippen LogP contribution in [0.3, 0.4) is 0 Å². The third kappa shape index (κ3) is 3.39. The number of aromatic nitrogens is 4. The molecule has 1 atom stereocenters. The van der Waals surface area contributed by atoms with E-state index >= 15 is 0 Å². The summed E-state index contributed by atoms with van der Waals surface area (Å²) in [7, 11) is 1.86. The van der Waals surface area contributed by atoms with E-state index in [9.17, 15) is 9.90 Å². The van der Waals surface area contributed by atoms with E-state index in [1.54, 1.807) is 10.8 Å². The molecule has 26 heavy (non-hydrogen) atoms. The minimum atomic E-state index is -0.837. The van der Waals surface area contributed by atoms with Crippen LogP contribution >= 0.6 is 0 Å². The lowest BCUT2D eigenvalue weighted by molar-refractivity contribution is -0.133. The van der Waals surface area contributed by atoms with E-state index in [4.69, 9.17) is 0 Å². The summed E-state index contributed by atoms with van der Waals surface area (Å²) in [6.45, 7) is 4.46. The summed E-state index contributed by atoms with van der Waals surface area (Å²) in [5.41, 5.74) is 1.64. The van der Waals surface area contributed by atoms with Crippen molar-refractivity contribution in [2.75, 3.05) is 26.2 Å². The van der Waals surface area contributed by atoms with Crippen LogP contribution in [-0.4, -0.2) is 66.3 Å². The quantitative estimate of drug-likeness (QED) is 0.862. The predicted molar refractivity (Wildman–Crippen MR) is 95.2 cm³/mol. The molecule has 2 aromatic heterocycles. The van der Waals surface area contributed by atoms with Crippen molar-refractivity contribution in [1.29, 1.82) is 0 Å². The van der Waals surface area contributed by atoms with E-state index in [-0.39, 0.29) is 5.91 Å². The Hall–Kier alpha value is -2.19. The lowest BCUT2D eigenvalue weighted by Crippen LogP contribution is -2.44. The van der Waals surface area contributed by atoms with E-state index < -0.39 is 6.10 Å². The summed E-state index contributed by atoms with van der Waals surface area (Å²) in [4.78, 5) is 20.9. The molecular weight excluding hydrogens is 332 g/mol. The molecule has 8 nitrogen and oxygen atoms in total. The number of aliphatic hydroxyl groups excluding tert-OH is 1. The SMILES string of the molecule is Cn1ccnc1[C@@H](O)c1cc2n(n1)CCN(CC(=O)N1CCCCC1)C2. The Bertz CT molecular complexity index is 776. The molecular formula is C18H26N6O2. The monoisotopic (exact) mass is 358 g/mol. The number of fused-ring (bicyclic) bond motifs is 1. The van der Waals surface area contributed by atoms with Gasteiger partial charge in [-0.05, 0) is 25.3 Å². The van der Waals surface area contributed by atoms with Crippen molar-refractivity contribution < 1.29 is 9.90 Å². The van der Waals surface area contributed by atoms with Crippen LogP contribution in [0.2, 0.25) is 0 Å². The first kappa shape index (κ1) is 17.2. The molecule has 2 aliphatic heterocycles. The summed E-state index contributed by atoms with van der Waals surface area (Å²) in [5.74, 6) is 0.809. The van der Waals surface area contributed by atoms with Crippen LogP contribution in [0.1, 0.15) is 42.6 Å². The topological polar surface area (TPSA) is 79.4 Å². The largest absolute Gasteiger partial charge is 0.379 e. The highest BCUT2D eigenvalue weighted by atomic mass is 16.3. The van der Waals surface area contributed by atoms with Gasteiger partial charge in [-0.15, -0.1) is 0 Å². The molecule has 0 spiro atoms. The molecule has 1 N–H and O–H groups in total. The standard InChI is InChI=1S/C18H26N6O2/c1-21-8-5-19-18(21)17(26)15-11-14-12-22(9-10-24(14)20-15)13-16(25)23-6-3-2-4-7-23/h5,8,11,17,26H,2-4,6-7,9-10,12-13H2,1H3/t17-/m0/s1. The van der Waals surface area contributed by atoms with Gasteiger partial charge in [-0.25, -0.2) is 4.98 Å². The molecule has 8 heteroatoms. The minimum absolute atomic E-state index is 0.228. The van der Waals surface area contributed by atoms with Gasteiger partial charge in [0.25, 0.3) is 0 Å². The summed E-state index contributed by atoms with van der Waals surface area (Å²) in [6, 6.07) is 1.93. The summed E-state index contributed by atoms with van der Waals surface area (Å²) >= 11 is 0. The van der Waals surface area contributed by atoms with Crippen molar-refractivity contribution in [3.05, 3.63) is 35.7 Å². The summed E-state index contributed by atoms with van der Waals surface area (Å²) in [6.07, 6.45) is 6.11. The Balaban J connectivity index is 1.42. The number of aliphatic hydroxyl groups is 1. The van der Waals surface area contributed by atoms with Gasteiger partial charge in [0.2, 0.25) is 5.91 Å². The van der Waals surface area contributed by atoms with Crippen molar-refractivity contribution in [3.8, 4) is 0 Å². The number of nitrogens with zero attached hydrogens (tertiary/aromatic N) is 6. The van der Waals surface area contributed by atoms with Crippen LogP contribution in [-0.2, 0) is 24.9 Å². The summed E-state index contributed by atoms with van der Waals surface area (Å²) in [5, 5.41) is 15.1. The van der Waals surface area contributed by atoms with Gasteiger partial charge in [0.15, 0.2) is 6.10 Å². The molecule has 0 aliphatic carbocycles. The second kappa shape index (κ2) is 7.20. The Morgan fingerprint density at radius 2 is 2.04 bits per heavy atom. The average molecular weight is 358 g/mol. The van der Waals surface area contributed by atoms with Crippen LogP contribution in [0.5, 0.6) is 0 Å². The molecule has 4 heterocycles. The van der Waals surface area contributed by atoms with Gasteiger partial charge in [0.05, 0.1) is 24.5 Å². The molecule has 1 saturated heterocycles. The van der Waals surface area contributed by atoms with Crippen molar-refractivity contribution >= 4 is 5.91 Å². The van der Waals surface area contributed by atoms with Crippen molar-refractivity contribution in [2.45, 2.75) is 38.5 Å². The van der Waals surface area contributed by atoms with Crippen LogP contribution in [0.15, 0.2) is 18.5 Å². The van der Waals surface area contributed by atoms with Crippen LogP contribution < -0.4 is 0 Å². The number of aryl methyl sites for hydroxylation is 1. The molecule has 0 radical (unpaired) electrons. The van der Waals surface area contributed by atoms with Crippen molar-refractivity contribution in [3.63, 3.8) is 0 Å². The van der Waals surface area contributed by atoms with Crippen LogP contribution in [0.25, 0.3) is 0 Å². The molecule has 140 valence electrons. The average Bonchev–Trinajstić information content (AvgIpc) is 3.27. The van der Waals surface area contributed by atoms with Gasteiger partial charge < -0.3 is 14.6 Å². The number of amides is 1. The van der Waals surface area contributed by atoms with Gasteiger partial charge in [0.1, 0.15) is 5.82 Å². The zero-order chi connectivity index (χ0) is 18.1. The second-order valence-electron chi connectivity index (χ2n) is 7.23. The van der Waals surface area contributed by atoms with Gasteiger partial charge in [-0.1, -0.05) is 0 Å². The molecule has 0 saturated carbocycles. The second-order valence-corrected chi connectivity index (χ2v) is 7.23. The zero-order valence-corrected chi connectivity index (χ0v) is 15.2. The van der Waals surface area contributed by atoms with E-state index in [2.05, 4.69) is 15.0 Å². The van der Waals surface area contributed by atoms with Gasteiger partial charge >= 0.3 is 0 Å². The molecule has 0 aromatic carbocycles. The highest BCUT2D eigenvalue weighted by molar-refractivity contribution is 5.78. The molecule has 1 fully saturated rings. The van der Waals surface area contributed by atoms with Crippen molar-refractivity contribution in [1.82, 2.24) is 29.1 Å². The Kier molecular flexibility index (Phi) is 4.78. The molecule has 0 bridgehead atoms. The Morgan fingerprint density at radius 1 is 1.23 bits per heavy atom. The van der Waals surface area contributed by atoms with E-state index in [1.165, 1.54) is 6.42 Å². The third-order valence-corrected chi connectivity index (χ3v) is 5.35. The molecule has 2 aromatic rings. The first-order chi connectivity index (χ1) is 12.6. The fourth-order valence-electron chi connectivity index (χ4n) is 3.82. The van der Waals surface area contributed by atoms with Crippen LogP contribution in [0, 0.1) is 0 Å². The molecule has 0 unspecified atom stereocenters. The highest BCUT2D eigenvalue weighted by Gasteiger charge is 2.26. The third-order valence-electron chi connectivity index (χ3n) is 5.35. The van der Waals surface area contributed by atoms with E-state index in [1.807, 2.05) is 28.9 Å². The maximum Gasteiger partial charge on any atom is 0.236 e. The highest BCUT2D eigenvalue weighted by Crippen LogP contribution is 2.22. The number of carbonyl (C=O) groups is 1.